The molecule has 2 aromatic rings. The van der Waals surface area contributed by atoms with Gasteiger partial charge in [0, 0.05) is 24.6 Å². The van der Waals surface area contributed by atoms with Gasteiger partial charge in [-0.2, -0.15) is 0 Å². The predicted molar refractivity (Wildman–Crippen MR) is 86.9 cm³/mol. The molecule has 1 aromatic carbocycles. The molecule has 0 amide bonds. The van der Waals surface area contributed by atoms with E-state index in [2.05, 4.69) is 23.3 Å². The number of ether oxygens (including phenoxy) is 1. The second-order valence-corrected chi connectivity index (χ2v) is 4.89. The molecule has 4 nitrogen and oxygen atoms in total. The molecule has 1 heterocycles. The summed E-state index contributed by atoms with van der Waals surface area (Å²) in [5, 5.41) is 3.16. The molecule has 0 saturated carbocycles. The normalized spacial score (nSPS) is 10.5. The maximum absolute atomic E-state index is 5.74. The molecule has 1 aromatic heterocycles. The molecule has 0 aliphatic carbocycles. The molecule has 0 spiro atoms. The first kappa shape index (κ1) is 15.3. The lowest BCUT2D eigenvalue weighted by Crippen LogP contribution is -2.06. The van der Waals surface area contributed by atoms with Crippen molar-refractivity contribution in [3.05, 3.63) is 35.7 Å². The number of para-hydroxylation sites is 1. The molecule has 0 aliphatic heterocycles. The Bertz CT molecular complexity index is 611. The van der Waals surface area contributed by atoms with Gasteiger partial charge in [-0.1, -0.05) is 19.1 Å². The summed E-state index contributed by atoms with van der Waals surface area (Å²) in [7, 11) is 1.89. The van der Waals surface area contributed by atoms with Crippen LogP contribution in [0.3, 0.4) is 0 Å². The molecule has 4 heteroatoms. The zero-order chi connectivity index (χ0) is 15.2. The second kappa shape index (κ2) is 7.07. The number of hydrogen-bond donors (Lipinski definition) is 1. The van der Waals surface area contributed by atoms with Crippen molar-refractivity contribution in [1.29, 1.82) is 0 Å². The minimum absolute atomic E-state index is 0.641. The number of benzene rings is 1. The molecule has 0 unspecified atom stereocenters. The summed E-state index contributed by atoms with van der Waals surface area (Å²) in [5.74, 6) is 2.62. The minimum Gasteiger partial charge on any atom is -0.493 e. The SMILES string of the molecule is CCCc1nc(NC)c(C)c(-c2ccccc2OCC)n1. The molecular weight excluding hydrogens is 262 g/mol. The molecule has 1 N–H and O–H groups in total. The first-order chi connectivity index (χ1) is 10.2. The third-order valence-corrected chi connectivity index (χ3v) is 3.34. The smallest absolute Gasteiger partial charge is 0.133 e. The average molecular weight is 285 g/mol. The van der Waals surface area contributed by atoms with Crippen LogP contribution in [0.25, 0.3) is 11.3 Å². The molecule has 0 aliphatic rings. The molecule has 2 rings (SSSR count). The van der Waals surface area contributed by atoms with Crippen LogP contribution < -0.4 is 10.1 Å². The van der Waals surface area contributed by atoms with Gasteiger partial charge in [-0.25, -0.2) is 9.97 Å². The maximum Gasteiger partial charge on any atom is 0.133 e. The Hall–Kier alpha value is -2.10. The van der Waals surface area contributed by atoms with Crippen LogP contribution in [0.5, 0.6) is 5.75 Å². The first-order valence-electron chi connectivity index (χ1n) is 7.48. The van der Waals surface area contributed by atoms with Crippen molar-refractivity contribution in [3.63, 3.8) is 0 Å². The summed E-state index contributed by atoms with van der Waals surface area (Å²) in [6.07, 6.45) is 1.90. The highest BCUT2D eigenvalue weighted by Gasteiger charge is 2.15. The van der Waals surface area contributed by atoms with E-state index in [0.717, 1.165) is 47.1 Å². The number of aryl methyl sites for hydroxylation is 1. The van der Waals surface area contributed by atoms with E-state index in [1.807, 2.05) is 39.1 Å². The lowest BCUT2D eigenvalue weighted by atomic mass is 10.1. The number of hydrogen-bond acceptors (Lipinski definition) is 4. The van der Waals surface area contributed by atoms with Gasteiger partial charge in [0.2, 0.25) is 0 Å². The summed E-state index contributed by atoms with van der Waals surface area (Å²) < 4.78 is 5.74. The van der Waals surface area contributed by atoms with Crippen molar-refractivity contribution in [2.45, 2.75) is 33.6 Å². The number of nitrogens with one attached hydrogen (secondary N) is 1. The Morgan fingerprint density at radius 1 is 1.14 bits per heavy atom. The third-order valence-electron chi connectivity index (χ3n) is 3.34. The van der Waals surface area contributed by atoms with E-state index < -0.39 is 0 Å². The van der Waals surface area contributed by atoms with E-state index in [1.54, 1.807) is 0 Å². The highest BCUT2D eigenvalue weighted by atomic mass is 16.5. The quantitative estimate of drug-likeness (QED) is 0.876. The average Bonchev–Trinajstić information content (AvgIpc) is 2.50. The standard InChI is InChI=1S/C17H23N3O/c1-5-9-15-19-16(12(3)17(18-4)20-15)13-10-7-8-11-14(13)21-6-2/h7-8,10-11H,5-6,9H2,1-4H3,(H,18,19,20). The molecule has 0 saturated heterocycles. The summed E-state index contributed by atoms with van der Waals surface area (Å²) in [4.78, 5) is 9.33. The Kier molecular flexibility index (Phi) is 5.14. The lowest BCUT2D eigenvalue weighted by Gasteiger charge is -2.15. The monoisotopic (exact) mass is 285 g/mol. The fourth-order valence-corrected chi connectivity index (χ4v) is 2.35. The molecular formula is C17H23N3O. The fraction of sp³-hybridized carbons (Fsp3) is 0.412. The van der Waals surface area contributed by atoms with Gasteiger partial charge in [-0.15, -0.1) is 0 Å². The van der Waals surface area contributed by atoms with E-state index in [9.17, 15) is 0 Å². The first-order valence-corrected chi connectivity index (χ1v) is 7.48. The van der Waals surface area contributed by atoms with E-state index in [-0.39, 0.29) is 0 Å². The van der Waals surface area contributed by atoms with Crippen LogP contribution in [0, 0.1) is 6.92 Å². The zero-order valence-electron chi connectivity index (χ0n) is 13.2. The topological polar surface area (TPSA) is 47.0 Å². The van der Waals surface area contributed by atoms with Crippen molar-refractivity contribution >= 4 is 5.82 Å². The van der Waals surface area contributed by atoms with Crippen molar-refractivity contribution in [3.8, 4) is 17.0 Å². The predicted octanol–water partition coefficient (Wildman–Crippen LogP) is 3.84. The van der Waals surface area contributed by atoms with Crippen molar-refractivity contribution < 1.29 is 4.74 Å². The Labute approximate surface area is 126 Å². The van der Waals surface area contributed by atoms with Crippen LogP contribution in [0.4, 0.5) is 5.82 Å². The van der Waals surface area contributed by atoms with E-state index >= 15 is 0 Å². The Morgan fingerprint density at radius 3 is 2.57 bits per heavy atom. The maximum atomic E-state index is 5.74. The highest BCUT2D eigenvalue weighted by Crippen LogP contribution is 2.33. The summed E-state index contributed by atoms with van der Waals surface area (Å²) in [6, 6.07) is 8.03. The largest absolute Gasteiger partial charge is 0.493 e. The highest BCUT2D eigenvalue weighted by molar-refractivity contribution is 5.73. The van der Waals surface area contributed by atoms with Gasteiger partial charge < -0.3 is 10.1 Å². The van der Waals surface area contributed by atoms with Gasteiger partial charge in [0.25, 0.3) is 0 Å². The van der Waals surface area contributed by atoms with Gasteiger partial charge in [0.1, 0.15) is 17.4 Å². The van der Waals surface area contributed by atoms with Gasteiger partial charge in [0.05, 0.1) is 12.3 Å². The summed E-state index contributed by atoms with van der Waals surface area (Å²) in [6.45, 7) is 6.81. The number of rotatable bonds is 6. The summed E-state index contributed by atoms with van der Waals surface area (Å²) >= 11 is 0. The van der Waals surface area contributed by atoms with E-state index in [1.165, 1.54) is 0 Å². The number of anilines is 1. The zero-order valence-corrected chi connectivity index (χ0v) is 13.2. The number of nitrogens with zero attached hydrogens (tertiary/aromatic N) is 2. The van der Waals surface area contributed by atoms with Crippen LogP contribution >= 0.6 is 0 Å². The second-order valence-electron chi connectivity index (χ2n) is 4.89. The van der Waals surface area contributed by atoms with Crippen molar-refractivity contribution in [1.82, 2.24) is 9.97 Å². The van der Waals surface area contributed by atoms with Gasteiger partial charge >= 0.3 is 0 Å². The fourth-order valence-electron chi connectivity index (χ4n) is 2.35. The Morgan fingerprint density at radius 2 is 1.90 bits per heavy atom. The molecule has 0 atom stereocenters. The molecule has 21 heavy (non-hydrogen) atoms. The lowest BCUT2D eigenvalue weighted by molar-refractivity contribution is 0.341. The molecule has 112 valence electrons. The van der Waals surface area contributed by atoms with Crippen LogP contribution in [-0.4, -0.2) is 23.6 Å². The van der Waals surface area contributed by atoms with Gasteiger partial charge in [0.15, 0.2) is 0 Å². The van der Waals surface area contributed by atoms with Crippen LogP contribution in [0.2, 0.25) is 0 Å². The Balaban J connectivity index is 2.59. The van der Waals surface area contributed by atoms with Crippen LogP contribution in [-0.2, 0) is 6.42 Å². The molecule has 0 radical (unpaired) electrons. The van der Waals surface area contributed by atoms with Crippen LogP contribution in [0.15, 0.2) is 24.3 Å². The van der Waals surface area contributed by atoms with Crippen molar-refractivity contribution in [2.24, 2.45) is 0 Å². The van der Waals surface area contributed by atoms with E-state index in [0.29, 0.717) is 6.61 Å². The van der Waals surface area contributed by atoms with E-state index in [4.69, 9.17) is 9.72 Å². The number of aromatic nitrogens is 2. The molecule has 0 fully saturated rings. The van der Waals surface area contributed by atoms with Crippen LogP contribution in [0.1, 0.15) is 31.7 Å². The molecule has 0 bridgehead atoms. The third kappa shape index (κ3) is 3.32. The summed E-state index contributed by atoms with van der Waals surface area (Å²) in [5.41, 5.74) is 3.01. The van der Waals surface area contributed by atoms with Crippen molar-refractivity contribution in [2.75, 3.05) is 19.0 Å². The van der Waals surface area contributed by atoms with Gasteiger partial charge in [-0.3, -0.25) is 0 Å². The van der Waals surface area contributed by atoms with Gasteiger partial charge in [-0.05, 0) is 32.4 Å². The minimum atomic E-state index is 0.641.